The first-order chi connectivity index (χ1) is 13.6. The van der Waals surface area contributed by atoms with E-state index in [1.807, 2.05) is 26.0 Å². The van der Waals surface area contributed by atoms with Crippen molar-refractivity contribution in [3.63, 3.8) is 0 Å². The Hall–Kier alpha value is -2.38. The number of aliphatic hydroxyl groups is 1. The molecular formula is C21H26N4O2S. The minimum absolute atomic E-state index is 0.0780. The van der Waals surface area contributed by atoms with Gasteiger partial charge < -0.3 is 14.7 Å². The predicted octanol–water partition coefficient (Wildman–Crippen LogP) is 3.79. The summed E-state index contributed by atoms with van der Waals surface area (Å²) >= 11 is 1.72. The third-order valence-corrected chi connectivity index (χ3v) is 6.36. The summed E-state index contributed by atoms with van der Waals surface area (Å²) in [5.41, 5.74) is 2.46. The Morgan fingerprint density at radius 2 is 2.07 bits per heavy atom. The molecule has 0 radical (unpaired) electrons. The number of aromatic nitrogens is 3. The summed E-state index contributed by atoms with van der Waals surface area (Å²) in [4.78, 5) is 3.48. The average molecular weight is 399 g/mol. The highest BCUT2D eigenvalue weighted by Crippen LogP contribution is 2.35. The van der Waals surface area contributed by atoms with Crippen LogP contribution in [-0.2, 0) is 19.6 Å². The van der Waals surface area contributed by atoms with E-state index in [-0.39, 0.29) is 5.92 Å². The molecule has 2 aromatic heterocycles. The van der Waals surface area contributed by atoms with Gasteiger partial charge >= 0.3 is 0 Å². The van der Waals surface area contributed by atoms with Crippen molar-refractivity contribution in [2.75, 3.05) is 12.0 Å². The summed E-state index contributed by atoms with van der Waals surface area (Å²) in [6.45, 7) is 6.24. The summed E-state index contributed by atoms with van der Waals surface area (Å²) < 4.78 is 7.71. The predicted molar refractivity (Wildman–Crippen MR) is 111 cm³/mol. The Morgan fingerprint density at radius 1 is 1.21 bits per heavy atom. The number of ether oxygens (including phenoxy) is 1. The lowest BCUT2D eigenvalue weighted by Gasteiger charge is -2.21. The minimum atomic E-state index is -0.435. The average Bonchev–Trinajstić information content (AvgIpc) is 3.45. The van der Waals surface area contributed by atoms with Gasteiger partial charge in [-0.25, -0.2) is 0 Å². The zero-order chi connectivity index (χ0) is 19.7. The Kier molecular flexibility index (Phi) is 5.37. The molecule has 1 N–H and O–H groups in total. The van der Waals surface area contributed by atoms with Crippen LogP contribution in [0.2, 0.25) is 0 Å². The molecule has 0 bridgehead atoms. The fourth-order valence-corrected chi connectivity index (χ4v) is 4.53. The van der Waals surface area contributed by atoms with Gasteiger partial charge in [-0.2, -0.15) is 0 Å². The summed E-state index contributed by atoms with van der Waals surface area (Å²) in [6.07, 6.45) is 0.254. The van der Waals surface area contributed by atoms with Crippen LogP contribution in [0.5, 0.6) is 5.75 Å². The van der Waals surface area contributed by atoms with E-state index < -0.39 is 6.10 Å². The van der Waals surface area contributed by atoms with Crippen molar-refractivity contribution in [3.05, 3.63) is 57.5 Å². The van der Waals surface area contributed by atoms with Gasteiger partial charge in [-0.05, 0) is 29.5 Å². The van der Waals surface area contributed by atoms with Crippen molar-refractivity contribution < 1.29 is 9.84 Å². The molecule has 1 aliphatic rings. The summed E-state index contributed by atoms with van der Waals surface area (Å²) in [7, 11) is 1.71. The maximum Gasteiger partial charge on any atom is 0.228 e. The van der Waals surface area contributed by atoms with E-state index in [4.69, 9.17) is 4.74 Å². The smallest absolute Gasteiger partial charge is 0.228 e. The molecule has 4 rings (SSSR count). The third kappa shape index (κ3) is 3.40. The highest BCUT2D eigenvalue weighted by molar-refractivity contribution is 7.09. The summed E-state index contributed by atoms with van der Waals surface area (Å²) in [5, 5.41) is 21.5. The molecule has 6 nitrogen and oxygen atoms in total. The Morgan fingerprint density at radius 3 is 2.79 bits per heavy atom. The number of nitrogens with zero attached hydrogens (tertiary/aromatic N) is 4. The number of benzene rings is 1. The lowest BCUT2D eigenvalue weighted by Crippen LogP contribution is -2.23. The van der Waals surface area contributed by atoms with Gasteiger partial charge in [-0.15, -0.1) is 21.5 Å². The van der Waals surface area contributed by atoms with E-state index in [9.17, 15) is 5.11 Å². The van der Waals surface area contributed by atoms with Crippen LogP contribution in [0.3, 0.4) is 0 Å². The van der Waals surface area contributed by atoms with Crippen LogP contribution in [0.15, 0.2) is 35.7 Å². The molecule has 1 aliphatic heterocycles. The lowest BCUT2D eigenvalue weighted by atomic mass is 10.0. The van der Waals surface area contributed by atoms with Gasteiger partial charge in [0.2, 0.25) is 5.95 Å². The lowest BCUT2D eigenvalue weighted by molar-refractivity contribution is 0.140. The van der Waals surface area contributed by atoms with Crippen molar-refractivity contribution in [2.45, 2.75) is 51.9 Å². The van der Waals surface area contributed by atoms with Gasteiger partial charge in [0.25, 0.3) is 0 Å². The molecule has 7 heteroatoms. The van der Waals surface area contributed by atoms with Gasteiger partial charge in [-0.3, -0.25) is 4.57 Å². The minimum Gasteiger partial charge on any atom is -0.496 e. The molecule has 0 amide bonds. The van der Waals surface area contributed by atoms with Crippen molar-refractivity contribution >= 4 is 17.3 Å². The first-order valence-electron chi connectivity index (χ1n) is 9.65. The zero-order valence-corrected chi connectivity index (χ0v) is 17.3. The second-order valence-corrected chi connectivity index (χ2v) is 8.27. The summed E-state index contributed by atoms with van der Waals surface area (Å²) in [6, 6.07) is 10.4. The van der Waals surface area contributed by atoms with Gasteiger partial charge in [0.15, 0.2) is 0 Å². The van der Waals surface area contributed by atoms with Gasteiger partial charge in [0, 0.05) is 22.9 Å². The molecule has 2 unspecified atom stereocenters. The van der Waals surface area contributed by atoms with E-state index in [1.54, 1.807) is 18.4 Å². The number of aliphatic hydroxyl groups excluding tert-OH is 1. The van der Waals surface area contributed by atoms with E-state index >= 15 is 0 Å². The van der Waals surface area contributed by atoms with Crippen molar-refractivity contribution in [1.82, 2.24) is 14.8 Å². The Balaban J connectivity index is 1.70. The van der Waals surface area contributed by atoms with Gasteiger partial charge in [-0.1, -0.05) is 32.0 Å². The molecule has 2 atom stereocenters. The number of rotatable bonds is 7. The van der Waals surface area contributed by atoms with Crippen LogP contribution >= 0.6 is 11.3 Å². The van der Waals surface area contributed by atoms with Crippen LogP contribution in [0, 0.1) is 0 Å². The Labute approximate surface area is 169 Å². The number of thiophene rings is 1. The normalized spacial score (nSPS) is 15.5. The molecule has 3 heterocycles. The highest BCUT2D eigenvalue weighted by atomic mass is 32.1. The molecule has 148 valence electrons. The largest absolute Gasteiger partial charge is 0.496 e. The SMILES string of the molecule is CCC(O)C(C)c1nnc(N2Cc3cccc(OC)c3C2)n1Cc1cccs1. The van der Waals surface area contributed by atoms with Crippen molar-refractivity contribution in [3.8, 4) is 5.75 Å². The second-order valence-electron chi connectivity index (χ2n) is 7.24. The summed E-state index contributed by atoms with van der Waals surface area (Å²) in [5.74, 6) is 2.52. The molecule has 0 saturated carbocycles. The molecule has 28 heavy (non-hydrogen) atoms. The van der Waals surface area contributed by atoms with E-state index in [1.165, 1.54) is 16.0 Å². The van der Waals surface area contributed by atoms with Crippen molar-refractivity contribution in [1.29, 1.82) is 0 Å². The number of hydrogen-bond acceptors (Lipinski definition) is 6. The fraction of sp³-hybridized carbons (Fsp3) is 0.429. The van der Waals surface area contributed by atoms with E-state index in [2.05, 4.69) is 43.2 Å². The van der Waals surface area contributed by atoms with Crippen LogP contribution in [-0.4, -0.2) is 33.1 Å². The maximum absolute atomic E-state index is 10.4. The number of hydrogen-bond donors (Lipinski definition) is 1. The molecule has 0 spiro atoms. The molecule has 3 aromatic rings. The molecule has 0 saturated heterocycles. The molecular weight excluding hydrogens is 372 g/mol. The van der Waals surface area contributed by atoms with Crippen LogP contribution in [0.4, 0.5) is 5.95 Å². The Bertz CT molecular complexity index is 938. The van der Waals surface area contributed by atoms with Crippen LogP contribution in [0.25, 0.3) is 0 Å². The van der Waals surface area contributed by atoms with Crippen LogP contribution in [0.1, 0.15) is 48.0 Å². The zero-order valence-electron chi connectivity index (χ0n) is 16.5. The standard InChI is InChI=1S/C21H26N4O2S/c1-4-18(26)14(2)20-22-23-21(25(20)12-16-8-6-10-28-16)24-11-15-7-5-9-19(27-3)17(15)13-24/h5-10,14,18,26H,4,11-13H2,1-3H3. The van der Waals surface area contributed by atoms with E-state index in [0.717, 1.165) is 30.6 Å². The van der Waals surface area contributed by atoms with Gasteiger partial charge in [0.1, 0.15) is 11.6 Å². The number of fused-ring (bicyclic) bond motifs is 1. The fourth-order valence-electron chi connectivity index (χ4n) is 3.84. The first-order valence-corrected chi connectivity index (χ1v) is 10.5. The topological polar surface area (TPSA) is 63.4 Å². The molecule has 0 aliphatic carbocycles. The monoisotopic (exact) mass is 398 g/mol. The molecule has 0 fully saturated rings. The number of methoxy groups -OCH3 is 1. The first kappa shape index (κ1) is 19.0. The number of anilines is 1. The van der Waals surface area contributed by atoms with Gasteiger partial charge in [0.05, 0.1) is 26.3 Å². The highest BCUT2D eigenvalue weighted by Gasteiger charge is 2.29. The molecule has 1 aromatic carbocycles. The second kappa shape index (κ2) is 7.93. The third-order valence-electron chi connectivity index (χ3n) is 5.50. The van der Waals surface area contributed by atoms with Crippen molar-refractivity contribution in [2.24, 2.45) is 0 Å². The quantitative estimate of drug-likeness (QED) is 0.656. The maximum atomic E-state index is 10.4. The van der Waals surface area contributed by atoms with E-state index in [0.29, 0.717) is 13.0 Å². The van der Waals surface area contributed by atoms with Crippen LogP contribution < -0.4 is 9.64 Å².